The lowest BCUT2D eigenvalue weighted by Gasteiger charge is -2.12. The van der Waals surface area contributed by atoms with Gasteiger partial charge in [0, 0.05) is 6.08 Å². The number of halogens is 4. The van der Waals surface area contributed by atoms with Crippen molar-refractivity contribution in [3.63, 3.8) is 0 Å². The van der Waals surface area contributed by atoms with Crippen molar-refractivity contribution in [1.82, 2.24) is 4.57 Å². The number of alkyl halides is 3. The van der Waals surface area contributed by atoms with Crippen LogP contribution in [0.1, 0.15) is 10.4 Å². The molecule has 0 fully saturated rings. The lowest BCUT2D eigenvalue weighted by atomic mass is 10.2. The minimum absolute atomic E-state index is 0.0590. The Labute approximate surface area is 170 Å². The third-order valence-corrected chi connectivity index (χ3v) is 5.58. The van der Waals surface area contributed by atoms with Crippen LogP contribution in [0.3, 0.4) is 0 Å². The first-order valence-electron chi connectivity index (χ1n) is 7.80. The molecule has 4 rings (SSSR count). The van der Waals surface area contributed by atoms with Crippen molar-refractivity contribution in [2.24, 2.45) is 9.98 Å². The Morgan fingerprint density at radius 2 is 1.75 bits per heavy atom. The fourth-order valence-corrected chi connectivity index (χ4v) is 4.18. The van der Waals surface area contributed by atoms with E-state index >= 15 is 0 Å². The van der Waals surface area contributed by atoms with Crippen molar-refractivity contribution in [1.29, 1.82) is 0 Å². The summed E-state index contributed by atoms with van der Waals surface area (Å²) in [5.41, 5.74) is -0.945. The standard InChI is InChI=1S/C18H9ClF3N3OS2/c19-11-6-5-9(7-10(11)18(20,21)22)25-16(26)14(28-17(25)27)8-15-23-12-3-1-2-4-13(12)24-15/h1-8,26H. The Morgan fingerprint density at radius 3 is 2.36 bits per heavy atom. The average Bonchev–Trinajstić information content (AvgIpc) is 3.15. The van der Waals surface area contributed by atoms with Gasteiger partial charge in [-0.3, -0.25) is 4.57 Å². The highest BCUT2D eigenvalue weighted by molar-refractivity contribution is 7.73. The molecule has 0 bridgehead atoms. The fourth-order valence-electron chi connectivity index (χ4n) is 2.68. The predicted molar refractivity (Wildman–Crippen MR) is 103 cm³/mol. The van der Waals surface area contributed by atoms with E-state index in [9.17, 15) is 18.3 Å². The van der Waals surface area contributed by atoms with Crippen molar-refractivity contribution in [2.75, 3.05) is 0 Å². The van der Waals surface area contributed by atoms with E-state index in [2.05, 4.69) is 9.98 Å². The molecule has 0 amide bonds. The van der Waals surface area contributed by atoms with Gasteiger partial charge in [-0.05, 0) is 42.5 Å². The average molecular weight is 440 g/mol. The van der Waals surface area contributed by atoms with Crippen molar-refractivity contribution in [3.8, 4) is 11.6 Å². The minimum atomic E-state index is -4.63. The number of aromatic nitrogens is 1. The topological polar surface area (TPSA) is 49.9 Å². The molecule has 1 aromatic heterocycles. The molecule has 0 aliphatic carbocycles. The summed E-state index contributed by atoms with van der Waals surface area (Å²) >= 11 is 11.9. The van der Waals surface area contributed by atoms with E-state index in [1.54, 1.807) is 12.1 Å². The van der Waals surface area contributed by atoms with Gasteiger partial charge in [0.15, 0.2) is 9.78 Å². The molecule has 0 radical (unpaired) electrons. The van der Waals surface area contributed by atoms with Crippen molar-refractivity contribution in [2.45, 2.75) is 6.18 Å². The molecule has 0 saturated heterocycles. The second kappa shape index (κ2) is 6.84. The minimum Gasteiger partial charge on any atom is -0.493 e. The Hall–Kier alpha value is -2.49. The first-order chi connectivity index (χ1) is 13.2. The van der Waals surface area contributed by atoms with Crippen LogP contribution in [0, 0.1) is 3.95 Å². The molecule has 0 saturated carbocycles. The van der Waals surface area contributed by atoms with Gasteiger partial charge in [0.1, 0.15) is 0 Å². The summed E-state index contributed by atoms with van der Waals surface area (Å²) in [5, 5.41) is 11.5. The molecule has 1 aliphatic rings. The Bertz CT molecular complexity index is 1270. The number of hydrogen-bond acceptors (Lipinski definition) is 5. The number of para-hydroxylation sites is 2. The third-order valence-electron chi connectivity index (χ3n) is 3.94. The van der Waals surface area contributed by atoms with E-state index in [0.717, 1.165) is 28.0 Å². The highest BCUT2D eigenvalue weighted by Crippen LogP contribution is 2.38. The van der Waals surface area contributed by atoms with Gasteiger partial charge in [-0.2, -0.15) is 13.2 Å². The number of aromatic hydroxyl groups is 1. The Kier molecular flexibility index (Phi) is 4.60. The molecule has 28 heavy (non-hydrogen) atoms. The first-order valence-corrected chi connectivity index (χ1v) is 9.40. The van der Waals surface area contributed by atoms with Crippen LogP contribution in [-0.4, -0.2) is 9.67 Å². The zero-order chi connectivity index (χ0) is 20.1. The molecule has 4 nitrogen and oxygen atoms in total. The third kappa shape index (κ3) is 3.36. The smallest absolute Gasteiger partial charge is 0.417 e. The molecular weight excluding hydrogens is 431 g/mol. The van der Waals surface area contributed by atoms with Gasteiger partial charge in [-0.25, -0.2) is 9.98 Å². The van der Waals surface area contributed by atoms with Gasteiger partial charge in [-0.1, -0.05) is 23.7 Å². The van der Waals surface area contributed by atoms with Crippen LogP contribution >= 0.6 is 35.2 Å². The van der Waals surface area contributed by atoms with Crippen LogP contribution in [-0.2, 0) is 6.18 Å². The second-order valence-corrected chi connectivity index (χ2v) is 7.85. The first kappa shape index (κ1) is 18.9. The summed E-state index contributed by atoms with van der Waals surface area (Å²) in [7, 11) is 0. The number of fused-ring (bicyclic) bond motifs is 1. The maximum atomic E-state index is 13.1. The highest BCUT2D eigenvalue weighted by Gasteiger charge is 2.33. The van der Waals surface area contributed by atoms with Gasteiger partial charge in [0.25, 0.3) is 0 Å². The predicted octanol–water partition coefficient (Wildman–Crippen LogP) is 4.90. The number of thiazole rings is 1. The molecule has 0 atom stereocenters. The summed E-state index contributed by atoms with van der Waals surface area (Å²) in [4.78, 5) is 9.01. The number of nitrogens with zero attached hydrogens (tertiary/aromatic N) is 3. The molecular formula is C18H9ClF3N3OS2. The molecule has 2 heterocycles. The molecule has 0 unspecified atom stereocenters. The molecule has 10 heteroatoms. The van der Waals surface area contributed by atoms with Gasteiger partial charge >= 0.3 is 6.18 Å². The molecule has 0 spiro atoms. The normalized spacial score (nSPS) is 13.1. The van der Waals surface area contributed by atoms with Gasteiger partial charge < -0.3 is 5.11 Å². The lowest BCUT2D eigenvalue weighted by Crippen LogP contribution is -2.19. The Morgan fingerprint density at radius 1 is 1.11 bits per heavy atom. The fraction of sp³-hybridized carbons (Fsp3) is 0.0556. The van der Waals surface area contributed by atoms with E-state index in [-0.39, 0.29) is 15.5 Å². The van der Waals surface area contributed by atoms with Crippen LogP contribution in [0.2, 0.25) is 5.02 Å². The van der Waals surface area contributed by atoms with Crippen molar-refractivity contribution < 1.29 is 18.3 Å². The number of hydrogen-bond donors (Lipinski definition) is 1. The van der Waals surface area contributed by atoms with Crippen LogP contribution in [0.4, 0.5) is 13.2 Å². The molecule has 1 N–H and O–H groups in total. The second-order valence-electron chi connectivity index (χ2n) is 5.77. The number of rotatable bonds is 2. The van der Waals surface area contributed by atoms with E-state index in [0.29, 0.717) is 21.4 Å². The molecule has 3 aromatic rings. The van der Waals surface area contributed by atoms with E-state index in [1.807, 2.05) is 12.1 Å². The van der Waals surface area contributed by atoms with Gasteiger partial charge in [0.2, 0.25) is 5.88 Å². The van der Waals surface area contributed by atoms with Crippen molar-refractivity contribution >= 4 is 41.2 Å². The van der Waals surface area contributed by atoms with Gasteiger partial charge in [-0.15, -0.1) is 11.3 Å². The molecule has 142 valence electrons. The monoisotopic (exact) mass is 439 g/mol. The molecule has 2 aromatic carbocycles. The largest absolute Gasteiger partial charge is 0.493 e. The summed E-state index contributed by atoms with van der Waals surface area (Å²) in [6, 6.07) is 10.6. The van der Waals surface area contributed by atoms with Crippen LogP contribution in [0.25, 0.3) is 11.8 Å². The molecule has 1 aliphatic heterocycles. The zero-order valence-electron chi connectivity index (χ0n) is 13.7. The lowest BCUT2D eigenvalue weighted by molar-refractivity contribution is -0.137. The van der Waals surface area contributed by atoms with Crippen LogP contribution in [0.15, 0.2) is 58.3 Å². The maximum Gasteiger partial charge on any atom is 0.417 e. The number of benzene rings is 2. The zero-order valence-corrected chi connectivity index (χ0v) is 16.1. The summed E-state index contributed by atoms with van der Waals surface area (Å²) < 4.78 is 40.7. The van der Waals surface area contributed by atoms with E-state index < -0.39 is 16.8 Å². The summed E-state index contributed by atoms with van der Waals surface area (Å²) in [6.45, 7) is 0. The summed E-state index contributed by atoms with van der Waals surface area (Å²) in [6.07, 6.45) is -3.09. The Balaban J connectivity index is 1.81. The quantitative estimate of drug-likeness (QED) is 0.577. The van der Waals surface area contributed by atoms with Crippen LogP contribution < -0.4 is 10.7 Å². The summed E-state index contributed by atoms with van der Waals surface area (Å²) in [5.74, 6) is 0.0753. The van der Waals surface area contributed by atoms with Gasteiger partial charge in [0.05, 0.1) is 31.9 Å². The van der Waals surface area contributed by atoms with E-state index in [4.69, 9.17) is 23.8 Å². The van der Waals surface area contributed by atoms with Crippen LogP contribution in [0.5, 0.6) is 5.88 Å². The maximum absolute atomic E-state index is 13.1. The van der Waals surface area contributed by atoms with E-state index in [1.165, 1.54) is 12.1 Å². The SMILES string of the molecule is Oc1c(C=C2N=c3ccccc3=N2)sc(=S)n1-c1ccc(Cl)c(C(F)(F)F)c1. The van der Waals surface area contributed by atoms with Crippen molar-refractivity contribution in [3.05, 3.63) is 78.4 Å². The highest BCUT2D eigenvalue weighted by atomic mass is 35.5.